The number of hydrogen-bond acceptors (Lipinski definition) is 3. The molecule has 0 unspecified atom stereocenters. The molecule has 1 N–H and O–H groups in total. The van der Waals surface area contributed by atoms with E-state index in [0.29, 0.717) is 13.2 Å². The van der Waals surface area contributed by atoms with E-state index in [9.17, 15) is 4.79 Å². The van der Waals surface area contributed by atoms with Crippen LogP contribution >= 0.6 is 0 Å². The predicted molar refractivity (Wildman–Crippen MR) is 77.1 cm³/mol. The Bertz CT molecular complexity index is 464. The summed E-state index contributed by atoms with van der Waals surface area (Å²) in [6.07, 6.45) is 0. The molecule has 1 aliphatic heterocycles. The van der Waals surface area contributed by atoms with E-state index in [4.69, 9.17) is 9.47 Å². The van der Waals surface area contributed by atoms with Crippen molar-refractivity contribution in [3.05, 3.63) is 35.9 Å². The molecule has 0 bridgehead atoms. The lowest BCUT2D eigenvalue weighted by atomic mass is 9.82. The predicted octanol–water partition coefficient (Wildman–Crippen LogP) is 2.65. The summed E-state index contributed by atoms with van der Waals surface area (Å²) in [6, 6.07) is 9.85. The molecule has 1 aliphatic rings. The molecule has 1 heterocycles. The number of rotatable bonds is 4. The van der Waals surface area contributed by atoms with Gasteiger partial charge in [0.05, 0.1) is 24.7 Å². The van der Waals surface area contributed by atoms with Crippen molar-refractivity contribution >= 4 is 5.91 Å². The molecule has 1 fully saturated rings. The van der Waals surface area contributed by atoms with Crippen molar-refractivity contribution in [3.63, 3.8) is 0 Å². The van der Waals surface area contributed by atoms with E-state index in [1.54, 1.807) is 0 Å². The fourth-order valence-electron chi connectivity index (χ4n) is 2.28. The van der Waals surface area contributed by atoms with Crippen molar-refractivity contribution in [2.24, 2.45) is 5.41 Å². The highest BCUT2D eigenvalue weighted by atomic mass is 16.7. The van der Waals surface area contributed by atoms with Crippen LogP contribution in [0.3, 0.4) is 0 Å². The van der Waals surface area contributed by atoms with Crippen molar-refractivity contribution < 1.29 is 14.3 Å². The number of benzene rings is 1. The highest BCUT2D eigenvalue weighted by Gasteiger charge is 2.51. The van der Waals surface area contributed by atoms with Gasteiger partial charge in [0.2, 0.25) is 5.91 Å². The monoisotopic (exact) mass is 277 g/mol. The molecule has 4 heteroatoms. The minimum absolute atomic E-state index is 0.0482. The van der Waals surface area contributed by atoms with Crippen LogP contribution in [0.2, 0.25) is 0 Å². The maximum absolute atomic E-state index is 12.6. The van der Waals surface area contributed by atoms with E-state index >= 15 is 0 Å². The minimum atomic E-state index is -0.868. The first-order valence-corrected chi connectivity index (χ1v) is 7.01. The summed E-state index contributed by atoms with van der Waals surface area (Å²) in [5.41, 5.74) is 0.321. The van der Waals surface area contributed by atoms with E-state index < -0.39 is 11.2 Å². The molecule has 0 spiro atoms. The molecule has 1 saturated heterocycles. The molecule has 1 aromatic rings. The summed E-state index contributed by atoms with van der Waals surface area (Å²) in [6.45, 7) is 8.56. The smallest absolute Gasteiger partial charge is 0.231 e. The molecular weight excluding hydrogens is 254 g/mol. The number of amides is 1. The lowest BCUT2D eigenvalue weighted by Crippen LogP contribution is -2.53. The number of hydrogen-bond donors (Lipinski definition) is 1. The molecule has 0 saturated carbocycles. The largest absolute Gasteiger partial charge is 0.349 e. The summed E-state index contributed by atoms with van der Waals surface area (Å²) in [5.74, 6) is -0.939. The highest BCUT2D eigenvalue weighted by Crippen LogP contribution is 2.38. The first-order valence-electron chi connectivity index (χ1n) is 7.01. The molecule has 1 amide bonds. The van der Waals surface area contributed by atoms with Crippen LogP contribution in [-0.2, 0) is 14.3 Å². The Labute approximate surface area is 120 Å². The Kier molecular flexibility index (Phi) is 4.16. The lowest BCUT2D eigenvalue weighted by Gasteiger charge is -2.38. The van der Waals surface area contributed by atoms with Gasteiger partial charge in [0.25, 0.3) is 0 Å². The standard InChI is InChI=1S/C16H23NO3/c1-12(13-8-6-5-7-9-13)17-14(18)15(2,3)16(4)19-10-11-20-16/h5-9,12H,10-11H2,1-4H3,(H,17,18)/t12-/m1/s1. The van der Waals surface area contributed by atoms with Crippen molar-refractivity contribution in [1.82, 2.24) is 5.32 Å². The van der Waals surface area contributed by atoms with E-state index in [1.165, 1.54) is 0 Å². The maximum atomic E-state index is 12.6. The fourth-order valence-corrected chi connectivity index (χ4v) is 2.28. The fraction of sp³-hybridized carbons (Fsp3) is 0.562. The highest BCUT2D eigenvalue weighted by molar-refractivity contribution is 5.83. The summed E-state index contributed by atoms with van der Waals surface area (Å²) in [4.78, 5) is 12.6. The second-order valence-corrected chi connectivity index (χ2v) is 5.87. The molecule has 2 rings (SSSR count). The average molecular weight is 277 g/mol. The topological polar surface area (TPSA) is 47.6 Å². The van der Waals surface area contributed by atoms with Crippen LogP contribution in [-0.4, -0.2) is 24.9 Å². The van der Waals surface area contributed by atoms with Gasteiger partial charge in [-0.25, -0.2) is 0 Å². The summed E-state index contributed by atoms with van der Waals surface area (Å²) in [5, 5.41) is 3.04. The Morgan fingerprint density at radius 3 is 2.35 bits per heavy atom. The van der Waals surface area contributed by atoms with Crippen LogP contribution < -0.4 is 5.32 Å². The van der Waals surface area contributed by atoms with Gasteiger partial charge < -0.3 is 14.8 Å². The summed E-state index contributed by atoms with van der Waals surface area (Å²) >= 11 is 0. The van der Waals surface area contributed by atoms with Crippen LogP contribution in [0, 0.1) is 5.41 Å². The van der Waals surface area contributed by atoms with E-state index in [1.807, 2.05) is 58.0 Å². The Morgan fingerprint density at radius 2 is 1.80 bits per heavy atom. The van der Waals surface area contributed by atoms with E-state index in [-0.39, 0.29) is 11.9 Å². The second-order valence-electron chi connectivity index (χ2n) is 5.87. The summed E-state index contributed by atoms with van der Waals surface area (Å²) in [7, 11) is 0. The SMILES string of the molecule is C[C@@H](NC(=O)C(C)(C)C1(C)OCCO1)c1ccccc1. The van der Waals surface area contributed by atoms with Crippen molar-refractivity contribution in [1.29, 1.82) is 0 Å². The number of carbonyl (C=O) groups excluding carboxylic acids is 1. The molecule has 1 atom stereocenters. The van der Waals surface area contributed by atoms with Gasteiger partial charge in [-0.15, -0.1) is 0 Å². The third kappa shape index (κ3) is 2.72. The molecule has 20 heavy (non-hydrogen) atoms. The molecule has 1 aromatic carbocycles. The first-order chi connectivity index (χ1) is 9.37. The third-order valence-electron chi connectivity index (χ3n) is 4.19. The lowest BCUT2D eigenvalue weighted by molar-refractivity contribution is -0.214. The van der Waals surface area contributed by atoms with Crippen LogP contribution in [0.1, 0.15) is 39.3 Å². The van der Waals surface area contributed by atoms with Crippen LogP contribution in [0.15, 0.2) is 30.3 Å². The number of nitrogens with one attached hydrogen (secondary N) is 1. The minimum Gasteiger partial charge on any atom is -0.349 e. The van der Waals surface area contributed by atoms with Gasteiger partial charge in [-0.3, -0.25) is 4.79 Å². The van der Waals surface area contributed by atoms with E-state index in [0.717, 1.165) is 5.56 Å². The Morgan fingerprint density at radius 1 is 1.25 bits per heavy atom. The van der Waals surface area contributed by atoms with Gasteiger partial charge in [0, 0.05) is 0 Å². The first kappa shape index (κ1) is 15.0. The van der Waals surface area contributed by atoms with Crippen molar-refractivity contribution in [3.8, 4) is 0 Å². The van der Waals surface area contributed by atoms with Gasteiger partial charge in [-0.2, -0.15) is 0 Å². The van der Waals surface area contributed by atoms with Gasteiger partial charge in [-0.1, -0.05) is 30.3 Å². The normalized spacial score (nSPS) is 19.6. The van der Waals surface area contributed by atoms with Gasteiger partial charge >= 0.3 is 0 Å². The number of carbonyl (C=O) groups is 1. The van der Waals surface area contributed by atoms with Gasteiger partial charge in [0.15, 0.2) is 5.79 Å². The Hall–Kier alpha value is -1.39. The number of ether oxygens (including phenoxy) is 2. The molecule has 0 aromatic heterocycles. The zero-order valence-corrected chi connectivity index (χ0v) is 12.6. The quantitative estimate of drug-likeness (QED) is 0.920. The zero-order valence-electron chi connectivity index (χ0n) is 12.6. The third-order valence-corrected chi connectivity index (χ3v) is 4.19. The molecule has 4 nitrogen and oxygen atoms in total. The van der Waals surface area contributed by atoms with E-state index in [2.05, 4.69) is 5.32 Å². The zero-order chi connectivity index (χ0) is 14.8. The van der Waals surface area contributed by atoms with Gasteiger partial charge in [-0.05, 0) is 33.3 Å². The second kappa shape index (κ2) is 5.54. The molecular formula is C16H23NO3. The average Bonchev–Trinajstić information content (AvgIpc) is 2.88. The molecule has 110 valence electrons. The van der Waals surface area contributed by atoms with Gasteiger partial charge in [0.1, 0.15) is 0 Å². The molecule has 0 radical (unpaired) electrons. The maximum Gasteiger partial charge on any atom is 0.231 e. The molecule has 0 aliphatic carbocycles. The van der Waals surface area contributed by atoms with Crippen LogP contribution in [0.4, 0.5) is 0 Å². The van der Waals surface area contributed by atoms with Crippen LogP contribution in [0.5, 0.6) is 0 Å². The van der Waals surface area contributed by atoms with Crippen molar-refractivity contribution in [2.75, 3.05) is 13.2 Å². The van der Waals surface area contributed by atoms with Crippen molar-refractivity contribution in [2.45, 2.75) is 39.5 Å². The van der Waals surface area contributed by atoms with Crippen LogP contribution in [0.25, 0.3) is 0 Å². The summed E-state index contributed by atoms with van der Waals surface area (Å²) < 4.78 is 11.3. The Balaban J connectivity index is 2.07.